The van der Waals surface area contributed by atoms with Crippen LogP contribution in [0.3, 0.4) is 0 Å². The van der Waals surface area contributed by atoms with Crippen molar-refractivity contribution in [1.82, 2.24) is 0 Å². The molecule has 2 rings (SSSR count). The molecule has 0 saturated carbocycles. The number of aliphatic hydroxyl groups is 1. The van der Waals surface area contributed by atoms with Gasteiger partial charge in [0.1, 0.15) is 0 Å². The third kappa shape index (κ3) is 3.50. The summed E-state index contributed by atoms with van der Waals surface area (Å²) in [5.74, 6) is 0. The standard InChI is InChI=1S/C14H16N2O/c17-11-10-15-12-6-8-14(9-7-12)16-13-4-2-1-3-5-13/h1-9,15-17H,10-11H2. The monoisotopic (exact) mass is 228 g/mol. The van der Waals surface area contributed by atoms with Crippen LogP contribution in [-0.2, 0) is 0 Å². The number of hydrogen-bond acceptors (Lipinski definition) is 3. The van der Waals surface area contributed by atoms with Crippen molar-refractivity contribution in [3.63, 3.8) is 0 Å². The summed E-state index contributed by atoms with van der Waals surface area (Å²) in [5, 5.41) is 15.1. The van der Waals surface area contributed by atoms with Gasteiger partial charge < -0.3 is 15.7 Å². The van der Waals surface area contributed by atoms with Gasteiger partial charge in [-0.25, -0.2) is 0 Å². The molecule has 0 atom stereocenters. The van der Waals surface area contributed by atoms with Crippen molar-refractivity contribution in [2.24, 2.45) is 0 Å². The van der Waals surface area contributed by atoms with Gasteiger partial charge in [0.25, 0.3) is 0 Å². The number of nitrogens with one attached hydrogen (secondary N) is 2. The topological polar surface area (TPSA) is 44.3 Å². The maximum atomic E-state index is 8.70. The lowest BCUT2D eigenvalue weighted by molar-refractivity contribution is 0.311. The van der Waals surface area contributed by atoms with E-state index in [1.807, 2.05) is 54.6 Å². The zero-order chi connectivity index (χ0) is 11.9. The number of hydrogen-bond donors (Lipinski definition) is 3. The highest BCUT2D eigenvalue weighted by Crippen LogP contribution is 2.18. The zero-order valence-electron chi connectivity index (χ0n) is 9.56. The first-order valence-corrected chi connectivity index (χ1v) is 5.65. The second-order valence-corrected chi connectivity index (χ2v) is 3.72. The fraction of sp³-hybridized carbons (Fsp3) is 0.143. The third-order valence-electron chi connectivity index (χ3n) is 2.39. The average Bonchev–Trinajstić information content (AvgIpc) is 2.39. The van der Waals surface area contributed by atoms with Crippen LogP contribution in [0.15, 0.2) is 54.6 Å². The van der Waals surface area contributed by atoms with Gasteiger partial charge in [-0.1, -0.05) is 18.2 Å². The molecule has 0 fully saturated rings. The predicted octanol–water partition coefficient (Wildman–Crippen LogP) is 2.83. The van der Waals surface area contributed by atoms with Gasteiger partial charge in [-0.2, -0.15) is 0 Å². The molecular formula is C14H16N2O. The Hall–Kier alpha value is -2.00. The van der Waals surface area contributed by atoms with Crippen LogP contribution in [0.1, 0.15) is 0 Å². The van der Waals surface area contributed by atoms with Crippen molar-refractivity contribution in [2.45, 2.75) is 0 Å². The van der Waals surface area contributed by atoms with Crippen LogP contribution in [0.4, 0.5) is 17.1 Å². The van der Waals surface area contributed by atoms with Crippen molar-refractivity contribution < 1.29 is 5.11 Å². The number of rotatable bonds is 5. The number of anilines is 3. The van der Waals surface area contributed by atoms with E-state index in [9.17, 15) is 0 Å². The number of benzene rings is 2. The SMILES string of the molecule is OCCNc1ccc(Nc2ccccc2)cc1. The molecule has 0 heterocycles. The van der Waals surface area contributed by atoms with E-state index >= 15 is 0 Å². The van der Waals surface area contributed by atoms with Crippen molar-refractivity contribution in [1.29, 1.82) is 0 Å². The van der Waals surface area contributed by atoms with Gasteiger partial charge in [0.2, 0.25) is 0 Å². The van der Waals surface area contributed by atoms with Crippen molar-refractivity contribution >= 4 is 17.1 Å². The minimum Gasteiger partial charge on any atom is -0.395 e. The molecule has 0 saturated heterocycles. The maximum Gasteiger partial charge on any atom is 0.0604 e. The molecule has 3 nitrogen and oxygen atoms in total. The normalized spacial score (nSPS) is 9.94. The van der Waals surface area contributed by atoms with E-state index in [0.29, 0.717) is 6.54 Å². The van der Waals surface area contributed by atoms with Crippen molar-refractivity contribution in [3.05, 3.63) is 54.6 Å². The molecule has 3 N–H and O–H groups in total. The Bertz CT molecular complexity index is 440. The molecule has 0 bridgehead atoms. The summed E-state index contributed by atoms with van der Waals surface area (Å²) in [7, 11) is 0. The van der Waals surface area contributed by atoms with Crippen LogP contribution < -0.4 is 10.6 Å². The quantitative estimate of drug-likeness (QED) is 0.737. The van der Waals surface area contributed by atoms with Crippen molar-refractivity contribution in [2.75, 3.05) is 23.8 Å². The highest BCUT2D eigenvalue weighted by molar-refractivity contribution is 5.62. The first kappa shape index (κ1) is 11.5. The van der Waals surface area contributed by atoms with Crippen LogP contribution in [0, 0.1) is 0 Å². The third-order valence-corrected chi connectivity index (χ3v) is 2.39. The summed E-state index contributed by atoms with van der Waals surface area (Å²) in [6.07, 6.45) is 0. The molecule has 0 aromatic heterocycles. The second kappa shape index (κ2) is 5.92. The Kier molecular flexibility index (Phi) is 4.00. The molecule has 0 aliphatic rings. The Morgan fingerprint density at radius 2 is 1.35 bits per heavy atom. The first-order valence-electron chi connectivity index (χ1n) is 5.65. The predicted molar refractivity (Wildman–Crippen MR) is 71.7 cm³/mol. The minimum absolute atomic E-state index is 0.143. The number of aliphatic hydroxyl groups excluding tert-OH is 1. The second-order valence-electron chi connectivity index (χ2n) is 3.72. The summed E-state index contributed by atoms with van der Waals surface area (Å²) in [6.45, 7) is 0.718. The lowest BCUT2D eigenvalue weighted by Gasteiger charge is -2.08. The molecule has 0 amide bonds. The highest BCUT2D eigenvalue weighted by Gasteiger charge is 1.94. The molecule has 3 heteroatoms. The van der Waals surface area contributed by atoms with Gasteiger partial charge in [-0.15, -0.1) is 0 Å². The van der Waals surface area contributed by atoms with Gasteiger partial charge in [-0.05, 0) is 36.4 Å². The van der Waals surface area contributed by atoms with Crippen LogP contribution in [0.2, 0.25) is 0 Å². The Morgan fingerprint density at radius 1 is 0.765 bits per heavy atom. The van der Waals surface area contributed by atoms with E-state index < -0.39 is 0 Å². The van der Waals surface area contributed by atoms with E-state index in [1.54, 1.807) is 0 Å². The molecule has 0 radical (unpaired) electrons. The lowest BCUT2D eigenvalue weighted by Crippen LogP contribution is -2.05. The van der Waals surface area contributed by atoms with E-state index in [2.05, 4.69) is 10.6 Å². The fourth-order valence-corrected chi connectivity index (χ4v) is 1.56. The van der Waals surface area contributed by atoms with Crippen LogP contribution in [0.5, 0.6) is 0 Å². The number of para-hydroxylation sites is 1. The summed E-state index contributed by atoms with van der Waals surface area (Å²) in [5.41, 5.74) is 3.13. The molecule has 0 unspecified atom stereocenters. The highest BCUT2D eigenvalue weighted by atomic mass is 16.3. The molecule has 17 heavy (non-hydrogen) atoms. The molecule has 88 valence electrons. The van der Waals surface area contributed by atoms with E-state index in [1.165, 1.54) is 0 Å². The fourth-order valence-electron chi connectivity index (χ4n) is 1.56. The Morgan fingerprint density at radius 3 is 2.00 bits per heavy atom. The molecule has 0 aliphatic carbocycles. The zero-order valence-corrected chi connectivity index (χ0v) is 9.56. The van der Waals surface area contributed by atoms with Gasteiger partial charge in [-0.3, -0.25) is 0 Å². The molecule has 0 spiro atoms. The van der Waals surface area contributed by atoms with E-state index in [-0.39, 0.29) is 6.61 Å². The van der Waals surface area contributed by atoms with Crippen molar-refractivity contribution in [3.8, 4) is 0 Å². The molecule has 2 aromatic carbocycles. The summed E-state index contributed by atoms with van der Waals surface area (Å²) < 4.78 is 0. The van der Waals surface area contributed by atoms with Gasteiger partial charge in [0, 0.05) is 23.6 Å². The van der Waals surface area contributed by atoms with Gasteiger partial charge >= 0.3 is 0 Å². The van der Waals surface area contributed by atoms with Crippen LogP contribution in [0.25, 0.3) is 0 Å². The van der Waals surface area contributed by atoms with E-state index in [0.717, 1.165) is 17.1 Å². The summed E-state index contributed by atoms with van der Waals surface area (Å²) in [4.78, 5) is 0. The summed E-state index contributed by atoms with van der Waals surface area (Å²) >= 11 is 0. The van der Waals surface area contributed by atoms with Gasteiger partial charge in [0.15, 0.2) is 0 Å². The lowest BCUT2D eigenvalue weighted by atomic mass is 10.2. The largest absolute Gasteiger partial charge is 0.395 e. The van der Waals surface area contributed by atoms with E-state index in [4.69, 9.17) is 5.11 Å². The molecule has 2 aromatic rings. The Balaban J connectivity index is 1.98. The van der Waals surface area contributed by atoms with Gasteiger partial charge in [0.05, 0.1) is 6.61 Å². The maximum absolute atomic E-state index is 8.70. The Labute approximate surface area is 101 Å². The molecular weight excluding hydrogens is 212 g/mol. The minimum atomic E-state index is 0.143. The van der Waals surface area contributed by atoms with Crippen LogP contribution in [-0.4, -0.2) is 18.3 Å². The smallest absolute Gasteiger partial charge is 0.0604 e. The molecule has 0 aliphatic heterocycles. The van der Waals surface area contributed by atoms with Crippen LogP contribution >= 0.6 is 0 Å². The summed E-state index contributed by atoms with van der Waals surface area (Å²) in [6, 6.07) is 18.0. The first-order chi connectivity index (χ1) is 8.38. The average molecular weight is 228 g/mol.